The first-order valence-electron chi connectivity index (χ1n) is 5.01. The van der Waals surface area contributed by atoms with Gasteiger partial charge in [0.05, 0.1) is 6.61 Å². The van der Waals surface area contributed by atoms with Gasteiger partial charge in [-0.25, -0.2) is 4.79 Å². The summed E-state index contributed by atoms with van der Waals surface area (Å²) in [5.74, 6) is 0.0537. The van der Waals surface area contributed by atoms with Crippen LogP contribution in [0.2, 0.25) is 0 Å². The number of rotatable bonds is 2. The Labute approximate surface area is 95.9 Å². The van der Waals surface area contributed by atoms with Crippen molar-refractivity contribution in [3.05, 3.63) is 22.7 Å². The third kappa shape index (κ3) is 2.03. The zero-order valence-electron chi connectivity index (χ0n) is 8.80. The molecule has 2 heterocycles. The Bertz CT molecular complexity index is 462. The highest BCUT2D eigenvalue weighted by atomic mass is 16.6. The van der Waals surface area contributed by atoms with Gasteiger partial charge in [-0.15, -0.1) is 0 Å². The summed E-state index contributed by atoms with van der Waals surface area (Å²) in [5.41, 5.74) is 4.63. The number of aliphatic hydroxyl groups excluding tert-OH is 3. The SMILES string of the molecule is N[13c]1[13cH][13cH]n([C@@H]2O[C@H](CO)C(O)[C@H]2O)c(=O)n1. The number of hydrogen-bond donors (Lipinski definition) is 4. The number of anilines is 1. The van der Waals surface area contributed by atoms with Crippen LogP contribution in [0.5, 0.6) is 0 Å². The molecule has 94 valence electrons. The van der Waals surface area contributed by atoms with Crippen molar-refractivity contribution >= 4 is 5.82 Å². The Kier molecular flexibility index (Phi) is 3.11. The van der Waals surface area contributed by atoms with E-state index in [0.717, 1.165) is 4.57 Å². The molecule has 5 N–H and O–H groups in total. The molecule has 4 atom stereocenters. The Hall–Kier alpha value is -1.48. The molecule has 2 rings (SSSR count). The van der Waals surface area contributed by atoms with Crippen molar-refractivity contribution in [2.75, 3.05) is 12.3 Å². The molecule has 0 spiro atoms. The molecule has 0 bridgehead atoms. The molecule has 8 nitrogen and oxygen atoms in total. The van der Waals surface area contributed by atoms with Gasteiger partial charge in [-0.05, 0) is 6.07 Å². The fraction of sp³-hybridized carbons (Fsp3) is 0.556. The van der Waals surface area contributed by atoms with Gasteiger partial charge in [0, 0.05) is 6.20 Å². The van der Waals surface area contributed by atoms with Crippen molar-refractivity contribution in [3.63, 3.8) is 0 Å². The first-order chi connectivity index (χ1) is 8.04. The molecular weight excluding hydrogens is 233 g/mol. The topological polar surface area (TPSA) is 131 Å². The third-order valence-corrected chi connectivity index (χ3v) is 2.64. The van der Waals surface area contributed by atoms with Crippen molar-refractivity contribution in [2.45, 2.75) is 24.5 Å². The molecule has 0 radical (unpaired) electrons. The van der Waals surface area contributed by atoms with Gasteiger partial charge in [-0.1, -0.05) is 0 Å². The largest absolute Gasteiger partial charge is 0.394 e. The molecule has 1 unspecified atom stereocenters. The molecule has 1 aromatic rings. The van der Waals surface area contributed by atoms with Gasteiger partial charge in [-0.2, -0.15) is 4.98 Å². The smallest absolute Gasteiger partial charge is 0.351 e. The maximum absolute atomic E-state index is 11.5. The zero-order valence-corrected chi connectivity index (χ0v) is 8.80. The van der Waals surface area contributed by atoms with E-state index in [1.165, 1.54) is 12.3 Å². The summed E-state index contributed by atoms with van der Waals surface area (Å²) >= 11 is 0. The minimum Gasteiger partial charge on any atom is -0.394 e. The van der Waals surface area contributed by atoms with Crippen molar-refractivity contribution in [1.82, 2.24) is 9.55 Å². The summed E-state index contributed by atoms with van der Waals surface area (Å²) < 4.78 is 6.19. The summed E-state index contributed by atoms with van der Waals surface area (Å²) in [4.78, 5) is 15.0. The number of ether oxygens (including phenoxy) is 1. The van der Waals surface area contributed by atoms with Crippen LogP contribution in [0.15, 0.2) is 17.1 Å². The van der Waals surface area contributed by atoms with E-state index in [1.807, 2.05) is 0 Å². The van der Waals surface area contributed by atoms with Crippen LogP contribution in [-0.2, 0) is 4.74 Å². The Morgan fingerprint density at radius 3 is 2.71 bits per heavy atom. The molecule has 1 aliphatic rings. The van der Waals surface area contributed by atoms with E-state index in [2.05, 4.69) is 4.98 Å². The van der Waals surface area contributed by atoms with Crippen LogP contribution in [0, 0.1) is 0 Å². The highest BCUT2D eigenvalue weighted by molar-refractivity contribution is 5.23. The normalized spacial score (nSPS) is 32.9. The van der Waals surface area contributed by atoms with Crippen LogP contribution in [0.25, 0.3) is 0 Å². The van der Waals surface area contributed by atoms with Gasteiger partial charge in [0.25, 0.3) is 0 Å². The van der Waals surface area contributed by atoms with Crippen LogP contribution in [0.3, 0.4) is 0 Å². The third-order valence-electron chi connectivity index (χ3n) is 2.64. The fourth-order valence-corrected chi connectivity index (χ4v) is 1.73. The van der Waals surface area contributed by atoms with Gasteiger partial charge in [-0.3, -0.25) is 4.57 Å². The van der Waals surface area contributed by atoms with E-state index >= 15 is 0 Å². The monoisotopic (exact) mass is 246 g/mol. The Morgan fingerprint density at radius 1 is 1.47 bits per heavy atom. The summed E-state index contributed by atoms with van der Waals surface area (Å²) in [5, 5.41) is 28.2. The number of nitrogen functional groups attached to an aromatic ring is 1. The molecule has 0 amide bonds. The van der Waals surface area contributed by atoms with Crippen LogP contribution >= 0.6 is 0 Å². The zero-order chi connectivity index (χ0) is 12.6. The first kappa shape index (κ1) is 12.0. The highest BCUT2D eigenvalue weighted by Crippen LogP contribution is 2.27. The van der Waals surface area contributed by atoms with E-state index in [9.17, 15) is 15.0 Å². The maximum atomic E-state index is 11.5. The Morgan fingerprint density at radius 2 is 2.18 bits per heavy atom. The standard InChI is InChI=1S/C9H13N3O5/c10-5-1-2-12(9(16)11-5)8-7(15)6(14)4(3-13)17-8/h1-2,4,6-8,13-15H,3H2,(H2,10,11,16)/t4-,6?,7-,8-/m1/s1/i1+1,2+1,5+1. The minimum atomic E-state index is -1.31. The number of aliphatic hydroxyl groups is 3. The number of hydrogen-bond acceptors (Lipinski definition) is 7. The molecular formula is C9H13N3O5. The molecule has 1 aliphatic heterocycles. The minimum absolute atomic E-state index is 0.0537. The van der Waals surface area contributed by atoms with Crippen molar-refractivity contribution in [2.24, 2.45) is 0 Å². The predicted molar refractivity (Wildman–Crippen MR) is 55.9 cm³/mol. The molecule has 1 fully saturated rings. The highest BCUT2D eigenvalue weighted by Gasteiger charge is 2.43. The van der Waals surface area contributed by atoms with Crippen LogP contribution in [0.4, 0.5) is 5.82 Å². The summed E-state index contributed by atoms with van der Waals surface area (Å²) in [7, 11) is 0. The maximum Gasteiger partial charge on any atom is 0.351 e. The van der Waals surface area contributed by atoms with E-state index in [4.69, 9.17) is 15.6 Å². The number of nitrogens with zero attached hydrogens (tertiary/aromatic N) is 2. The van der Waals surface area contributed by atoms with E-state index in [-0.39, 0.29) is 5.82 Å². The molecule has 0 saturated carbocycles. The van der Waals surface area contributed by atoms with Gasteiger partial charge in [0.1, 0.15) is 24.1 Å². The van der Waals surface area contributed by atoms with Crippen molar-refractivity contribution < 1.29 is 20.1 Å². The first-order valence-corrected chi connectivity index (χ1v) is 5.01. The summed E-state index contributed by atoms with van der Waals surface area (Å²) in [6.07, 6.45) is -3.27. The molecule has 8 heteroatoms. The van der Waals surface area contributed by atoms with Gasteiger partial charge in [0.15, 0.2) is 6.23 Å². The Balaban J connectivity index is 2.32. The van der Waals surface area contributed by atoms with Gasteiger partial charge >= 0.3 is 5.69 Å². The predicted octanol–water partition coefficient (Wildman–Crippen LogP) is -2.56. The van der Waals surface area contributed by atoms with E-state index < -0.39 is 36.8 Å². The lowest BCUT2D eigenvalue weighted by Gasteiger charge is -2.16. The lowest BCUT2D eigenvalue weighted by molar-refractivity contribution is -0.0549. The fourth-order valence-electron chi connectivity index (χ4n) is 1.73. The second kappa shape index (κ2) is 4.41. The second-order valence-electron chi connectivity index (χ2n) is 3.77. The molecule has 0 aromatic carbocycles. The van der Waals surface area contributed by atoms with Crippen molar-refractivity contribution in [1.29, 1.82) is 0 Å². The van der Waals surface area contributed by atoms with Crippen LogP contribution < -0.4 is 11.4 Å². The average molecular weight is 246 g/mol. The summed E-state index contributed by atoms with van der Waals surface area (Å²) in [6, 6.07) is 1.37. The van der Waals surface area contributed by atoms with Crippen LogP contribution in [0.1, 0.15) is 6.23 Å². The molecule has 1 saturated heterocycles. The quantitative estimate of drug-likeness (QED) is 0.451. The van der Waals surface area contributed by atoms with Gasteiger partial charge < -0.3 is 25.8 Å². The molecule has 17 heavy (non-hydrogen) atoms. The second-order valence-corrected chi connectivity index (χ2v) is 3.77. The van der Waals surface area contributed by atoms with Crippen molar-refractivity contribution in [3.8, 4) is 0 Å². The number of aromatic nitrogens is 2. The lowest BCUT2D eigenvalue weighted by atomic mass is 10.1. The lowest BCUT2D eigenvalue weighted by Crippen LogP contribution is -2.36. The number of nitrogens with two attached hydrogens (primary N) is 1. The summed E-state index contributed by atoms with van der Waals surface area (Å²) in [6.45, 7) is -0.453. The van der Waals surface area contributed by atoms with Crippen LogP contribution in [-0.4, -0.2) is 49.8 Å². The average Bonchev–Trinajstić information content (AvgIpc) is 2.57. The molecule has 0 aliphatic carbocycles. The van der Waals surface area contributed by atoms with Gasteiger partial charge in [0.2, 0.25) is 0 Å². The van der Waals surface area contributed by atoms with E-state index in [0.29, 0.717) is 0 Å². The van der Waals surface area contributed by atoms with E-state index in [1.54, 1.807) is 0 Å². The molecule has 1 aromatic heterocycles.